The number of benzene rings is 3. The summed E-state index contributed by atoms with van der Waals surface area (Å²) in [5.41, 5.74) is 7.17. The van der Waals surface area contributed by atoms with E-state index < -0.39 is 5.82 Å². The molecular weight excluding hydrogens is 545 g/mol. The number of nitrogens with one attached hydrogen (secondary N) is 3. The van der Waals surface area contributed by atoms with Crippen LogP contribution < -0.4 is 10.1 Å². The lowest BCUT2D eigenvalue weighted by atomic mass is 10.0. The lowest BCUT2D eigenvalue weighted by Crippen LogP contribution is -2.14. The molecule has 0 aliphatic rings. The molecule has 3 aromatic carbocycles. The largest absolute Gasteiger partial charge is 0.497 e. The van der Waals surface area contributed by atoms with Crippen LogP contribution in [0.15, 0.2) is 97.5 Å². The van der Waals surface area contributed by atoms with Gasteiger partial charge in [0.25, 0.3) is 0 Å². The van der Waals surface area contributed by atoms with E-state index in [2.05, 4.69) is 30.5 Å². The van der Waals surface area contributed by atoms with Crippen LogP contribution in [-0.4, -0.2) is 43.2 Å². The molecule has 9 nitrogen and oxygen atoms in total. The summed E-state index contributed by atoms with van der Waals surface area (Å²) in [6.07, 6.45) is 5.30. The number of fused-ring (bicyclic) bond motifs is 2. The van der Waals surface area contributed by atoms with E-state index >= 15 is 0 Å². The Kier molecular flexibility index (Phi) is 6.55. The monoisotopic (exact) mass is 569 g/mol. The Balaban J connectivity index is 1.22. The molecule has 0 saturated carbocycles. The van der Waals surface area contributed by atoms with Crippen molar-refractivity contribution in [2.45, 2.75) is 6.42 Å². The van der Waals surface area contributed by atoms with E-state index in [1.165, 1.54) is 19.2 Å². The number of methoxy groups -OCH3 is 1. The Morgan fingerprint density at radius 2 is 1.84 bits per heavy atom. The lowest BCUT2D eigenvalue weighted by Gasteiger charge is -2.08. The van der Waals surface area contributed by atoms with Crippen LogP contribution in [-0.2, 0) is 11.2 Å². The zero-order valence-electron chi connectivity index (χ0n) is 22.9. The normalized spacial score (nSPS) is 11.2. The van der Waals surface area contributed by atoms with E-state index in [9.17, 15) is 9.18 Å². The topological polar surface area (TPSA) is 121 Å². The van der Waals surface area contributed by atoms with Crippen molar-refractivity contribution in [3.05, 3.63) is 109 Å². The van der Waals surface area contributed by atoms with E-state index in [1.54, 1.807) is 30.7 Å². The lowest BCUT2D eigenvalue weighted by molar-refractivity contribution is -0.115. The summed E-state index contributed by atoms with van der Waals surface area (Å²) >= 11 is 0. The standard InChI is InChI=1S/C33H24FN7O2/c1-43-25-14-21(12-23(34)16-25)26-9-10-36-32-30(26)38-33(39-32)31-27-15-20(7-8-28(27)40-41-31)22-13-24(18-35-17-22)37-29(42)11-19-5-3-2-4-6-19/h2-10,12-18H,11H2,1H3,(H,37,42)(H,40,41)(H,36,38,39). The molecule has 0 fully saturated rings. The minimum Gasteiger partial charge on any atom is -0.497 e. The Hall–Kier alpha value is -5.90. The first-order valence-corrected chi connectivity index (χ1v) is 13.5. The quantitative estimate of drug-likeness (QED) is 0.200. The van der Waals surface area contributed by atoms with Crippen molar-refractivity contribution < 1.29 is 13.9 Å². The van der Waals surface area contributed by atoms with Gasteiger partial charge in [-0.2, -0.15) is 5.10 Å². The number of anilines is 1. The minimum atomic E-state index is -0.407. The van der Waals surface area contributed by atoms with Crippen molar-refractivity contribution in [3.8, 4) is 39.5 Å². The maximum Gasteiger partial charge on any atom is 0.228 e. The molecule has 4 aromatic heterocycles. The fourth-order valence-electron chi connectivity index (χ4n) is 5.12. The number of amides is 1. The highest BCUT2D eigenvalue weighted by Crippen LogP contribution is 2.34. The maximum absolute atomic E-state index is 14.3. The first-order valence-electron chi connectivity index (χ1n) is 13.5. The third kappa shape index (κ3) is 5.17. The van der Waals surface area contributed by atoms with Crippen molar-refractivity contribution in [1.29, 1.82) is 0 Å². The van der Waals surface area contributed by atoms with Crippen LogP contribution >= 0.6 is 0 Å². The van der Waals surface area contributed by atoms with Crippen LogP contribution in [0.1, 0.15) is 5.56 Å². The van der Waals surface area contributed by atoms with Gasteiger partial charge in [0.1, 0.15) is 22.8 Å². The first kappa shape index (κ1) is 26.0. The number of rotatable bonds is 7. The van der Waals surface area contributed by atoms with Crippen molar-refractivity contribution in [2.24, 2.45) is 0 Å². The first-order chi connectivity index (χ1) is 21.0. The Morgan fingerprint density at radius 3 is 2.70 bits per heavy atom. The van der Waals surface area contributed by atoms with Gasteiger partial charge in [0.15, 0.2) is 11.5 Å². The molecule has 7 rings (SSSR count). The number of carbonyl (C=O) groups excluding carboxylic acids is 1. The molecule has 0 saturated heterocycles. The van der Waals surface area contributed by atoms with Crippen LogP contribution in [0.25, 0.3) is 55.8 Å². The fourth-order valence-corrected chi connectivity index (χ4v) is 5.12. The predicted molar refractivity (Wildman–Crippen MR) is 163 cm³/mol. The summed E-state index contributed by atoms with van der Waals surface area (Å²) in [4.78, 5) is 29.5. The molecule has 0 aliphatic carbocycles. The second-order valence-corrected chi connectivity index (χ2v) is 10.0. The van der Waals surface area contributed by atoms with Crippen LogP contribution in [0.4, 0.5) is 10.1 Å². The number of hydrogen-bond donors (Lipinski definition) is 3. The fraction of sp³-hybridized carbons (Fsp3) is 0.0606. The van der Waals surface area contributed by atoms with Gasteiger partial charge in [-0.05, 0) is 53.1 Å². The third-order valence-corrected chi connectivity index (χ3v) is 7.15. The molecule has 0 unspecified atom stereocenters. The second-order valence-electron chi connectivity index (χ2n) is 10.0. The van der Waals surface area contributed by atoms with E-state index in [0.717, 1.165) is 27.6 Å². The molecular formula is C33H24FN7O2. The number of hydrogen-bond acceptors (Lipinski definition) is 6. The van der Waals surface area contributed by atoms with Crippen LogP contribution in [0.2, 0.25) is 0 Å². The molecule has 0 spiro atoms. The number of imidazole rings is 1. The Morgan fingerprint density at radius 1 is 0.953 bits per heavy atom. The molecule has 210 valence electrons. The minimum absolute atomic E-state index is 0.118. The summed E-state index contributed by atoms with van der Waals surface area (Å²) in [6.45, 7) is 0. The second kappa shape index (κ2) is 10.8. The van der Waals surface area contributed by atoms with Gasteiger partial charge in [-0.3, -0.25) is 14.9 Å². The molecule has 3 N–H and O–H groups in total. The number of aromatic amines is 2. The van der Waals surface area contributed by atoms with Crippen LogP contribution in [0, 0.1) is 5.82 Å². The van der Waals surface area contributed by atoms with E-state index in [0.29, 0.717) is 45.2 Å². The molecule has 43 heavy (non-hydrogen) atoms. The van der Waals surface area contributed by atoms with Crippen LogP contribution in [0.3, 0.4) is 0 Å². The summed E-state index contributed by atoms with van der Waals surface area (Å²) < 4.78 is 19.6. The van der Waals surface area contributed by atoms with Crippen molar-refractivity contribution in [2.75, 3.05) is 12.4 Å². The highest BCUT2D eigenvalue weighted by atomic mass is 19.1. The maximum atomic E-state index is 14.3. The number of nitrogens with zero attached hydrogens (tertiary/aromatic N) is 4. The number of H-pyrrole nitrogens is 2. The Labute approximate surface area is 244 Å². The van der Waals surface area contributed by atoms with Gasteiger partial charge in [-0.25, -0.2) is 14.4 Å². The van der Waals surface area contributed by atoms with E-state index in [4.69, 9.17) is 9.72 Å². The molecule has 4 heterocycles. The zero-order chi connectivity index (χ0) is 29.3. The third-order valence-electron chi connectivity index (χ3n) is 7.15. The molecule has 0 aliphatic heterocycles. The smallest absolute Gasteiger partial charge is 0.228 e. The van der Waals surface area contributed by atoms with Crippen LogP contribution in [0.5, 0.6) is 5.75 Å². The zero-order valence-corrected chi connectivity index (χ0v) is 22.9. The van der Waals surface area contributed by atoms with Gasteiger partial charge in [-0.15, -0.1) is 0 Å². The van der Waals surface area contributed by atoms with Crippen molar-refractivity contribution >= 4 is 33.7 Å². The number of carbonyl (C=O) groups is 1. The van der Waals surface area contributed by atoms with Gasteiger partial charge in [0.05, 0.1) is 30.9 Å². The average Bonchev–Trinajstić information content (AvgIpc) is 3.65. The number of aromatic nitrogens is 6. The Bertz CT molecular complexity index is 2120. The van der Waals surface area contributed by atoms with Gasteiger partial charge in [0.2, 0.25) is 5.91 Å². The van der Waals surface area contributed by atoms with Crippen molar-refractivity contribution in [1.82, 2.24) is 30.1 Å². The molecule has 10 heteroatoms. The van der Waals surface area contributed by atoms with E-state index in [1.807, 2.05) is 54.6 Å². The molecule has 0 bridgehead atoms. The molecule has 0 radical (unpaired) electrons. The summed E-state index contributed by atoms with van der Waals surface area (Å²) in [5.74, 6) is 0.403. The van der Waals surface area contributed by atoms with Crippen molar-refractivity contribution in [3.63, 3.8) is 0 Å². The molecule has 7 aromatic rings. The summed E-state index contributed by atoms with van der Waals surface area (Å²) in [6, 6.07) is 23.7. The summed E-state index contributed by atoms with van der Waals surface area (Å²) in [5, 5.41) is 11.4. The average molecular weight is 570 g/mol. The number of halogens is 1. The highest BCUT2D eigenvalue weighted by Gasteiger charge is 2.17. The van der Waals surface area contributed by atoms with E-state index in [-0.39, 0.29) is 12.3 Å². The van der Waals surface area contributed by atoms with Gasteiger partial charge in [0, 0.05) is 35.0 Å². The SMILES string of the molecule is COc1cc(F)cc(-c2ccnc3[nH]c(-c4n[nH]c5ccc(-c6cncc(NC(=O)Cc7ccccc7)c6)cc45)nc23)c1. The predicted octanol–water partition coefficient (Wildman–Crippen LogP) is 6.56. The summed E-state index contributed by atoms with van der Waals surface area (Å²) in [7, 11) is 1.50. The molecule has 1 amide bonds. The number of ether oxygens (including phenoxy) is 1. The van der Waals surface area contributed by atoms with Gasteiger partial charge < -0.3 is 15.0 Å². The highest BCUT2D eigenvalue weighted by molar-refractivity contribution is 5.98. The van der Waals surface area contributed by atoms with Gasteiger partial charge >= 0.3 is 0 Å². The number of pyridine rings is 2. The molecule has 0 atom stereocenters. The van der Waals surface area contributed by atoms with Gasteiger partial charge in [-0.1, -0.05) is 36.4 Å².